The zero-order valence-corrected chi connectivity index (χ0v) is 12.0. The summed E-state index contributed by atoms with van der Waals surface area (Å²) in [4.78, 5) is 0.0979. The Kier molecular flexibility index (Phi) is 4.24. The lowest BCUT2D eigenvalue weighted by Gasteiger charge is -2.24. The summed E-state index contributed by atoms with van der Waals surface area (Å²) in [7, 11) is -2.20. The average molecular weight is 272 g/mol. The first-order valence-corrected chi connectivity index (χ1v) is 7.17. The van der Waals surface area contributed by atoms with Crippen LogP contribution >= 0.6 is 0 Å². The molecule has 0 unspecified atom stereocenters. The predicted molar refractivity (Wildman–Crippen MR) is 72.1 cm³/mol. The zero-order valence-electron chi connectivity index (χ0n) is 11.1. The highest BCUT2D eigenvalue weighted by molar-refractivity contribution is 7.89. The van der Waals surface area contributed by atoms with E-state index in [0.717, 1.165) is 0 Å². The first kappa shape index (κ1) is 14.8. The normalized spacial score (nSPS) is 12.4. The lowest BCUT2D eigenvalue weighted by Crippen LogP contribution is -2.42. The van der Waals surface area contributed by atoms with Crippen molar-refractivity contribution in [3.8, 4) is 5.75 Å². The molecule has 0 radical (unpaired) electrons. The number of rotatable bonds is 5. The third kappa shape index (κ3) is 3.36. The van der Waals surface area contributed by atoms with Crippen LogP contribution in [0.5, 0.6) is 5.75 Å². The van der Waals surface area contributed by atoms with E-state index in [-0.39, 0.29) is 10.6 Å². The second-order valence-electron chi connectivity index (χ2n) is 4.75. The largest absolute Gasteiger partial charge is 0.495 e. The van der Waals surface area contributed by atoms with Gasteiger partial charge in [0.25, 0.3) is 0 Å². The lowest BCUT2D eigenvalue weighted by atomic mass is 10.0. The minimum atomic E-state index is -3.62. The monoisotopic (exact) mass is 272 g/mol. The Morgan fingerprint density at radius 3 is 2.50 bits per heavy atom. The summed E-state index contributed by atoms with van der Waals surface area (Å²) in [5, 5.41) is 0. The molecule has 0 aliphatic heterocycles. The van der Waals surface area contributed by atoms with Gasteiger partial charge in [-0.25, -0.2) is 13.1 Å². The molecule has 0 fully saturated rings. The highest BCUT2D eigenvalue weighted by Crippen LogP contribution is 2.27. The summed E-state index contributed by atoms with van der Waals surface area (Å²) >= 11 is 0. The molecule has 0 amide bonds. The molecule has 0 aliphatic carbocycles. The molecule has 3 N–H and O–H groups in total. The summed E-state index contributed by atoms with van der Waals surface area (Å²) in [6.07, 6.45) is 0.684. The zero-order chi connectivity index (χ0) is 14.0. The van der Waals surface area contributed by atoms with Gasteiger partial charge in [0, 0.05) is 17.3 Å². The smallest absolute Gasteiger partial charge is 0.244 e. The van der Waals surface area contributed by atoms with Gasteiger partial charge >= 0.3 is 0 Å². The quantitative estimate of drug-likeness (QED) is 0.800. The molecule has 0 aliphatic rings. The topological polar surface area (TPSA) is 81.4 Å². The van der Waals surface area contributed by atoms with Crippen molar-refractivity contribution in [1.82, 2.24) is 4.72 Å². The maximum atomic E-state index is 12.3. The fraction of sp³-hybridized carbons (Fsp3) is 0.500. The highest BCUT2D eigenvalue weighted by Gasteiger charge is 2.27. The molecule has 1 rings (SSSR count). The van der Waals surface area contributed by atoms with Crippen LogP contribution in [0.2, 0.25) is 0 Å². The maximum Gasteiger partial charge on any atom is 0.244 e. The Bertz CT molecular complexity index is 524. The van der Waals surface area contributed by atoms with Gasteiger partial charge in [-0.3, -0.25) is 0 Å². The number of hydrogen-bond acceptors (Lipinski definition) is 4. The molecule has 6 heteroatoms. The molecule has 0 aromatic heterocycles. The van der Waals surface area contributed by atoms with Crippen LogP contribution in [0.25, 0.3) is 0 Å². The van der Waals surface area contributed by atoms with Gasteiger partial charge in [0.05, 0.1) is 7.11 Å². The van der Waals surface area contributed by atoms with Crippen molar-refractivity contribution in [2.45, 2.75) is 37.6 Å². The number of methoxy groups -OCH3 is 1. The second-order valence-corrected chi connectivity index (χ2v) is 6.40. The lowest BCUT2D eigenvalue weighted by molar-refractivity contribution is 0.399. The molecule has 102 valence electrons. The van der Waals surface area contributed by atoms with E-state index in [2.05, 4.69) is 4.72 Å². The van der Waals surface area contributed by atoms with Crippen molar-refractivity contribution in [3.05, 3.63) is 18.2 Å². The van der Waals surface area contributed by atoms with Crippen LogP contribution in [-0.4, -0.2) is 21.1 Å². The van der Waals surface area contributed by atoms with E-state index in [9.17, 15) is 8.42 Å². The summed E-state index contributed by atoms with van der Waals surface area (Å²) in [6, 6.07) is 4.48. The SMILES string of the molecule is CCC(C)(C)NS(=O)(=O)c1ccc(N)cc1OC. The number of nitrogens with one attached hydrogen (secondary N) is 1. The van der Waals surface area contributed by atoms with Crippen molar-refractivity contribution < 1.29 is 13.2 Å². The predicted octanol–water partition coefficient (Wildman–Crippen LogP) is 1.74. The van der Waals surface area contributed by atoms with E-state index >= 15 is 0 Å². The van der Waals surface area contributed by atoms with Crippen molar-refractivity contribution in [2.75, 3.05) is 12.8 Å². The van der Waals surface area contributed by atoms with Crippen LogP contribution in [-0.2, 0) is 10.0 Å². The van der Waals surface area contributed by atoms with Crippen LogP contribution in [0.15, 0.2) is 23.1 Å². The van der Waals surface area contributed by atoms with E-state index in [1.165, 1.54) is 25.3 Å². The van der Waals surface area contributed by atoms with Gasteiger partial charge in [0.2, 0.25) is 10.0 Å². The fourth-order valence-electron chi connectivity index (χ4n) is 1.40. The van der Waals surface area contributed by atoms with Gasteiger partial charge in [-0.15, -0.1) is 0 Å². The summed E-state index contributed by atoms with van der Waals surface area (Å²) in [6.45, 7) is 5.57. The van der Waals surface area contributed by atoms with Gasteiger partial charge in [0.1, 0.15) is 10.6 Å². The number of nitrogen functional groups attached to an aromatic ring is 1. The molecule has 0 atom stereocenters. The molecular weight excluding hydrogens is 252 g/mol. The highest BCUT2D eigenvalue weighted by atomic mass is 32.2. The average Bonchev–Trinajstić information content (AvgIpc) is 2.27. The molecule has 1 aromatic carbocycles. The molecule has 5 nitrogen and oxygen atoms in total. The number of anilines is 1. The van der Waals surface area contributed by atoms with E-state index in [1.54, 1.807) is 0 Å². The van der Waals surface area contributed by atoms with E-state index in [4.69, 9.17) is 10.5 Å². The van der Waals surface area contributed by atoms with Crippen LogP contribution in [0.4, 0.5) is 5.69 Å². The Balaban J connectivity index is 3.21. The number of hydrogen-bond donors (Lipinski definition) is 2. The summed E-state index contributed by atoms with van der Waals surface area (Å²) < 4.78 is 32.2. The molecule has 1 aromatic rings. The third-order valence-electron chi connectivity index (χ3n) is 2.77. The van der Waals surface area contributed by atoms with Crippen LogP contribution in [0, 0.1) is 0 Å². The van der Waals surface area contributed by atoms with Gasteiger partial charge in [-0.05, 0) is 32.4 Å². The summed E-state index contributed by atoms with van der Waals surface area (Å²) in [5.41, 5.74) is 5.55. The van der Waals surface area contributed by atoms with Gasteiger partial charge in [0.15, 0.2) is 0 Å². The first-order valence-electron chi connectivity index (χ1n) is 5.69. The third-order valence-corrected chi connectivity index (χ3v) is 4.51. The van der Waals surface area contributed by atoms with Crippen LogP contribution in [0.3, 0.4) is 0 Å². The number of ether oxygens (including phenoxy) is 1. The van der Waals surface area contributed by atoms with Gasteiger partial charge < -0.3 is 10.5 Å². The van der Waals surface area contributed by atoms with Gasteiger partial charge in [-0.1, -0.05) is 6.92 Å². The van der Waals surface area contributed by atoms with Gasteiger partial charge in [-0.2, -0.15) is 0 Å². The first-order chi connectivity index (χ1) is 8.22. The molecule has 0 saturated heterocycles. The fourth-order valence-corrected chi connectivity index (χ4v) is 3.03. The summed E-state index contributed by atoms with van der Waals surface area (Å²) in [5.74, 6) is 0.245. The Morgan fingerprint density at radius 2 is 2.00 bits per heavy atom. The van der Waals surface area contributed by atoms with Crippen molar-refractivity contribution in [3.63, 3.8) is 0 Å². The molecule has 0 saturated carbocycles. The Labute approximate surface area is 108 Å². The van der Waals surface area contributed by atoms with Crippen molar-refractivity contribution in [2.24, 2.45) is 0 Å². The molecule has 0 heterocycles. The maximum absolute atomic E-state index is 12.3. The molecular formula is C12H20N2O3S. The van der Waals surface area contributed by atoms with Crippen molar-refractivity contribution in [1.29, 1.82) is 0 Å². The molecule has 0 spiro atoms. The standard InChI is InChI=1S/C12H20N2O3S/c1-5-12(2,3)14-18(15,16)11-7-6-9(13)8-10(11)17-4/h6-8,14H,5,13H2,1-4H3. The van der Waals surface area contributed by atoms with Crippen LogP contribution < -0.4 is 15.2 Å². The molecule has 18 heavy (non-hydrogen) atoms. The number of nitrogens with two attached hydrogens (primary N) is 1. The van der Waals surface area contributed by atoms with E-state index in [1.807, 2.05) is 20.8 Å². The van der Waals surface area contributed by atoms with E-state index < -0.39 is 15.6 Å². The second kappa shape index (κ2) is 5.16. The number of benzene rings is 1. The molecule has 0 bridgehead atoms. The minimum absolute atomic E-state index is 0.0979. The minimum Gasteiger partial charge on any atom is -0.495 e. The van der Waals surface area contributed by atoms with E-state index in [0.29, 0.717) is 12.1 Å². The number of sulfonamides is 1. The van der Waals surface area contributed by atoms with Crippen LogP contribution in [0.1, 0.15) is 27.2 Å². The Morgan fingerprint density at radius 1 is 1.39 bits per heavy atom. The Hall–Kier alpha value is -1.27. The van der Waals surface area contributed by atoms with Crippen molar-refractivity contribution >= 4 is 15.7 Å².